The Bertz CT molecular complexity index is 1160. The molecular formula is C28H31N3O4. The van der Waals surface area contributed by atoms with Crippen LogP contribution in [-0.4, -0.2) is 41.8 Å². The molecule has 0 unspecified atom stereocenters. The van der Waals surface area contributed by atoms with Gasteiger partial charge in [-0.2, -0.15) is 0 Å². The summed E-state index contributed by atoms with van der Waals surface area (Å²) in [4.78, 5) is 41.0. The molecule has 2 heterocycles. The first-order valence-corrected chi connectivity index (χ1v) is 11.9. The van der Waals surface area contributed by atoms with Crippen molar-refractivity contribution in [2.75, 3.05) is 13.1 Å². The van der Waals surface area contributed by atoms with E-state index in [1.165, 1.54) is 0 Å². The Morgan fingerprint density at radius 2 is 1.69 bits per heavy atom. The molecule has 4 rings (SSSR count). The van der Waals surface area contributed by atoms with Crippen LogP contribution in [0.15, 0.2) is 71.3 Å². The van der Waals surface area contributed by atoms with Gasteiger partial charge >= 0.3 is 0 Å². The maximum absolute atomic E-state index is 13.2. The molecule has 2 aromatic carbocycles. The minimum atomic E-state index is -0.713. The monoisotopic (exact) mass is 473 g/mol. The van der Waals surface area contributed by atoms with Crippen molar-refractivity contribution in [1.82, 2.24) is 15.5 Å². The highest BCUT2D eigenvalue weighted by Gasteiger charge is 2.34. The third-order valence-corrected chi connectivity index (χ3v) is 6.57. The summed E-state index contributed by atoms with van der Waals surface area (Å²) in [6, 6.07) is 17.7. The fourth-order valence-corrected chi connectivity index (χ4v) is 4.44. The van der Waals surface area contributed by atoms with Crippen molar-refractivity contribution < 1.29 is 18.8 Å². The zero-order valence-electron chi connectivity index (χ0n) is 20.1. The van der Waals surface area contributed by atoms with Crippen LogP contribution in [0.4, 0.5) is 0 Å². The van der Waals surface area contributed by atoms with Gasteiger partial charge in [0.25, 0.3) is 11.8 Å². The number of rotatable bonds is 7. The number of carbonyl (C=O) groups excluding carboxylic acids is 3. The average molecular weight is 474 g/mol. The first-order valence-electron chi connectivity index (χ1n) is 11.9. The highest BCUT2D eigenvalue weighted by atomic mass is 16.3. The van der Waals surface area contributed by atoms with E-state index in [0.717, 1.165) is 11.1 Å². The van der Waals surface area contributed by atoms with Crippen LogP contribution in [0.3, 0.4) is 0 Å². The van der Waals surface area contributed by atoms with Crippen LogP contribution in [0.2, 0.25) is 0 Å². The van der Waals surface area contributed by atoms with Crippen molar-refractivity contribution in [2.45, 2.75) is 39.3 Å². The molecule has 1 saturated heterocycles. The van der Waals surface area contributed by atoms with Crippen molar-refractivity contribution in [3.8, 4) is 0 Å². The molecule has 0 spiro atoms. The smallest absolute Gasteiger partial charge is 0.254 e. The third-order valence-electron chi connectivity index (χ3n) is 6.57. The molecule has 182 valence electrons. The van der Waals surface area contributed by atoms with Crippen LogP contribution in [0.5, 0.6) is 0 Å². The lowest BCUT2D eigenvalue weighted by atomic mass is 9.88. The van der Waals surface area contributed by atoms with Gasteiger partial charge < -0.3 is 20.0 Å². The zero-order chi connectivity index (χ0) is 24.8. The van der Waals surface area contributed by atoms with Gasteiger partial charge in [-0.15, -0.1) is 0 Å². The Morgan fingerprint density at radius 3 is 2.34 bits per heavy atom. The number of carbonyl (C=O) groups is 3. The lowest BCUT2D eigenvalue weighted by Crippen LogP contribution is -2.53. The van der Waals surface area contributed by atoms with Crippen LogP contribution in [0.25, 0.3) is 0 Å². The summed E-state index contributed by atoms with van der Waals surface area (Å²) in [7, 11) is 0. The summed E-state index contributed by atoms with van der Waals surface area (Å²) < 4.78 is 5.32. The van der Waals surface area contributed by atoms with Gasteiger partial charge in [0.1, 0.15) is 11.8 Å². The molecule has 1 atom stereocenters. The highest BCUT2D eigenvalue weighted by Crippen LogP contribution is 2.24. The van der Waals surface area contributed by atoms with Gasteiger partial charge in [0.2, 0.25) is 5.91 Å². The van der Waals surface area contributed by atoms with E-state index in [4.69, 9.17) is 4.42 Å². The molecule has 35 heavy (non-hydrogen) atoms. The van der Waals surface area contributed by atoms with E-state index in [1.807, 2.05) is 55.1 Å². The van der Waals surface area contributed by atoms with Crippen molar-refractivity contribution in [2.24, 2.45) is 5.92 Å². The molecule has 1 fully saturated rings. The summed E-state index contributed by atoms with van der Waals surface area (Å²) in [5.74, 6) is -0.00121. The van der Waals surface area contributed by atoms with E-state index in [2.05, 4.69) is 10.6 Å². The van der Waals surface area contributed by atoms with Crippen LogP contribution in [0, 0.1) is 19.8 Å². The fourth-order valence-electron chi connectivity index (χ4n) is 4.44. The Morgan fingerprint density at radius 1 is 0.971 bits per heavy atom. The number of nitrogens with zero attached hydrogens (tertiary/aromatic N) is 1. The van der Waals surface area contributed by atoms with Crippen LogP contribution >= 0.6 is 0 Å². The van der Waals surface area contributed by atoms with Crippen LogP contribution in [0.1, 0.15) is 50.4 Å². The van der Waals surface area contributed by atoms with E-state index in [-0.39, 0.29) is 30.2 Å². The predicted molar refractivity (Wildman–Crippen MR) is 133 cm³/mol. The van der Waals surface area contributed by atoms with Gasteiger partial charge in [-0.25, -0.2) is 0 Å². The third kappa shape index (κ3) is 5.98. The van der Waals surface area contributed by atoms with Gasteiger partial charge in [-0.3, -0.25) is 14.4 Å². The van der Waals surface area contributed by atoms with Gasteiger partial charge in [0, 0.05) is 24.2 Å². The summed E-state index contributed by atoms with van der Waals surface area (Å²) in [5.41, 5.74) is 3.21. The summed E-state index contributed by atoms with van der Waals surface area (Å²) in [6.07, 6.45) is 2.79. The first kappa shape index (κ1) is 24.3. The Balaban J connectivity index is 1.44. The minimum Gasteiger partial charge on any atom is -0.467 e. The van der Waals surface area contributed by atoms with Gasteiger partial charge in [-0.05, 0) is 68.5 Å². The van der Waals surface area contributed by atoms with E-state index >= 15 is 0 Å². The SMILES string of the molecule is Cc1ccc(C(=O)N[C@@H](C(=O)NCc2ccco2)C2CCN(C(=O)c3ccccc3C)CC2)cc1. The number of aryl methyl sites for hydroxylation is 2. The lowest BCUT2D eigenvalue weighted by molar-refractivity contribution is -0.124. The van der Waals surface area contributed by atoms with Crippen LogP contribution < -0.4 is 10.6 Å². The molecule has 7 nitrogen and oxygen atoms in total. The van der Waals surface area contributed by atoms with Crippen molar-refractivity contribution in [3.63, 3.8) is 0 Å². The maximum Gasteiger partial charge on any atom is 0.254 e. The van der Waals surface area contributed by atoms with Crippen LogP contribution in [-0.2, 0) is 11.3 Å². The Kier molecular flexibility index (Phi) is 7.65. The second-order valence-electron chi connectivity index (χ2n) is 9.06. The molecule has 1 aliphatic heterocycles. The molecule has 0 aliphatic carbocycles. The largest absolute Gasteiger partial charge is 0.467 e. The average Bonchev–Trinajstić information content (AvgIpc) is 3.40. The molecule has 7 heteroatoms. The second kappa shape index (κ2) is 11.0. The summed E-state index contributed by atoms with van der Waals surface area (Å²) in [6.45, 7) is 5.19. The minimum absolute atomic E-state index is 0.00376. The van der Waals surface area contributed by atoms with Gasteiger partial charge in [0.15, 0.2) is 0 Å². The highest BCUT2D eigenvalue weighted by molar-refractivity contribution is 5.98. The number of hydrogen-bond donors (Lipinski definition) is 2. The predicted octanol–water partition coefficient (Wildman–Crippen LogP) is 3.86. The normalized spacial score (nSPS) is 14.9. The summed E-state index contributed by atoms with van der Waals surface area (Å²) >= 11 is 0. The van der Waals surface area contributed by atoms with Crippen molar-refractivity contribution in [1.29, 1.82) is 0 Å². The van der Waals surface area contributed by atoms with E-state index in [9.17, 15) is 14.4 Å². The molecule has 3 amide bonds. The topological polar surface area (TPSA) is 91.7 Å². The zero-order valence-corrected chi connectivity index (χ0v) is 20.1. The number of hydrogen-bond acceptors (Lipinski definition) is 4. The molecule has 1 aliphatic rings. The number of likely N-dealkylation sites (tertiary alicyclic amines) is 1. The molecule has 3 aromatic rings. The molecule has 0 radical (unpaired) electrons. The Hall–Kier alpha value is -3.87. The van der Waals surface area contributed by atoms with Crippen molar-refractivity contribution >= 4 is 17.7 Å². The first-order chi connectivity index (χ1) is 16.9. The number of amides is 3. The van der Waals surface area contributed by atoms with E-state index in [1.54, 1.807) is 30.5 Å². The molecule has 0 saturated carbocycles. The lowest BCUT2D eigenvalue weighted by Gasteiger charge is -2.36. The van der Waals surface area contributed by atoms with Gasteiger partial charge in [0.05, 0.1) is 12.8 Å². The van der Waals surface area contributed by atoms with Gasteiger partial charge in [-0.1, -0.05) is 35.9 Å². The number of benzene rings is 2. The summed E-state index contributed by atoms with van der Waals surface area (Å²) in [5, 5.41) is 5.84. The number of piperidine rings is 1. The second-order valence-corrected chi connectivity index (χ2v) is 9.06. The number of nitrogens with one attached hydrogen (secondary N) is 2. The molecule has 2 N–H and O–H groups in total. The molecule has 1 aromatic heterocycles. The number of furan rings is 1. The molecular weight excluding hydrogens is 442 g/mol. The fraction of sp³-hybridized carbons (Fsp3) is 0.321. The van der Waals surface area contributed by atoms with E-state index in [0.29, 0.717) is 42.8 Å². The quantitative estimate of drug-likeness (QED) is 0.545. The Labute approximate surface area is 205 Å². The van der Waals surface area contributed by atoms with Crippen molar-refractivity contribution in [3.05, 3.63) is 94.9 Å². The standard InChI is InChI=1S/C28H31N3O4/c1-19-9-11-22(12-10-19)26(32)30-25(27(33)29-18-23-7-5-17-35-23)21-13-15-31(16-14-21)28(34)24-8-4-3-6-20(24)2/h3-12,17,21,25H,13-16,18H2,1-2H3,(H,29,33)(H,30,32)/t25-/m1/s1. The molecule has 0 bridgehead atoms. The maximum atomic E-state index is 13.2. The van der Waals surface area contributed by atoms with E-state index < -0.39 is 6.04 Å².